The fourth-order valence-electron chi connectivity index (χ4n) is 3.36. The van der Waals surface area contributed by atoms with Crippen molar-refractivity contribution in [1.82, 2.24) is 0 Å². The molecule has 0 saturated carbocycles. The number of benzene rings is 2. The fraction of sp³-hybridized carbons (Fsp3) is 0.286. The highest BCUT2D eigenvalue weighted by Crippen LogP contribution is 2.34. The smallest absolute Gasteiger partial charge is 0.232 e. The van der Waals surface area contributed by atoms with E-state index in [-0.39, 0.29) is 33.8 Å². The van der Waals surface area contributed by atoms with E-state index in [2.05, 4.69) is 0 Å². The maximum absolute atomic E-state index is 12.5. The van der Waals surface area contributed by atoms with Crippen LogP contribution in [-0.4, -0.2) is 73.1 Å². The second-order valence-corrected chi connectivity index (χ2v) is 7.37. The second kappa shape index (κ2) is 8.86. The summed E-state index contributed by atoms with van der Waals surface area (Å²) in [5.74, 6) is -1.45. The molecule has 1 aliphatic rings. The Morgan fingerprint density at radius 1 is 0.879 bits per heavy atom. The number of hydrogen-bond donors (Lipinski definition) is 7. The number of phenolic OH excluding ortho intramolecular Hbond substituents is 3. The van der Waals surface area contributed by atoms with Crippen LogP contribution >= 0.6 is 0 Å². The molecule has 4 rings (SSSR count). The Bertz CT molecular complexity index is 1220. The number of phenols is 3. The molecule has 2 aromatic carbocycles. The summed E-state index contributed by atoms with van der Waals surface area (Å²) in [6.45, 7) is -0.664. The lowest BCUT2D eigenvalue weighted by Gasteiger charge is -2.38. The van der Waals surface area contributed by atoms with Crippen molar-refractivity contribution in [3.05, 3.63) is 46.6 Å². The number of aliphatic hydroxyl groups excluding tert-OH is 4. The third-order valence-corrected chi connectivity index (χ3v) is 5.13. The van der Waals surface area contributed by atoms with E-state index in [1.54, 1.807) is 0 Å². The van der Waals surface area contributed by atoms with E-state index in [1.165, 1.54) is 24.3 Å². The highest BCUT2D eigenvalue weighted by Gasteiger charge is 2.45. The van der Waals surface area contributed by atoms with Gasteiger partial charge in [0.25, 0.3) is 0 Å². The van der Waals surface area contributed by atoms with Crippen LogP contribution in [0.25, 0.3) is 22.3 Å². The van der Waals surface area contributed by atoms with E-state index >= 15 is 0 Å². The zero-order chi connectivity index (χ0) is 23.9. The lowest BCUT2D eigenvalue weighted by molar-refractivity contribution is -0.386. The first-order valence-electron chi connectivity index (χ1n) is 9.66. The number of aliphatic hydroxyl groups is 4. The maximum atomic E-state index is 12.5. The standard InChI is InChI=1S/C21H20O12/c22-7-16-18(27)19(28)20(29)21(31-16)33-32-9-4-12(25)17-13(26)6-14(30-15(17)5-9)8-1-2-10(23)11(24)3-8/h1-6,16,18-25,27-29H,7H2/t16-,18-,19+,20-,21+/m1/s1. The normalized spacial score (nSPS) is 25.3. The van der Waals surface area contributed by atoms with Crippen molar-refractivity contribution in [3.8, 4) is 34.3 Å². The van der Waals surface area contributed by atoms with Gasteiger partial charge in [0.2, 0.25) is 6.29 Å². The predicted molar refractivity (Wildman–Crippen MR) is 108 cm³/mol. The fourth-order valence-corrected chi connectivity index (χ4v) is 3.36. The highest BCUT2D eigenvalue weighted by molar-refractivity contribution is 5.86. The van der Waals surface area contributed by atoms with Crippen molar-refractivity contribution in [1.29, 1.82) is 0 Å². The first kappa shape index (κ1) is 22.8. The topological polar surface area (TPSA) is 200 Å². The number of ether oxygens (including phenoxy) is 1. The Hall–Kier alpha value is -3.39. The maximum Gasteiger partial charge on any atom is 0.232 e. The molecule has 176 valence electrons. The number of hydrogen-bond acceptors (Lipinski definition) is 12. The van der Waals surface area contributed by atoms with Gasteiger partial charge >= 0.3 is 0 Å². The van der Waals surface area contributed by atoms with Gasteiger partial charge in [0.15, 0.2) is 22.7 Å². The molecular weight excluding hydrogens is 444 g/mol. The van der Waals surface area contributed by atoms with E-state index < -0.39 is 54.2 Å². The van der Waals surface area contributed by atoms with Crippen LogP contribution in [-0.2, 0) is 9.62 Å². The highest BCUT2D eigenvalue weighted by atomic mass is 17.2. The second-order valence-electron chi connectivity index (χ2n) is 7.37. The zero-order valence-corrected chi connectivity index (χ0v) is 16.7. The van der Waals surface area contributed by atoms with E-state index in [9.17, 15) is 40.5 Å². The Kier molecular flexibility index (Phi) is 6.12. The van der Waals surface area contributed by atoms with Crippen LogP contribution in [0, 0.1) is 0 Å². The van der Waals surface area contributed by atoms with Gasteiger partial charge in [-0.1, -0.05) is 0 Å². The summed E-state index contributed by atoms with van der Waals surface area (Å²) in [4.78, 5) is 22.5. The molecule has 0 bridgehead atoms. The lowest BCUT2D eigenvalue weighted by Crippen LogP contribution is -2.59. The molecule has 3 aromatic rings. The van der Waals surface area contributed by atoms with Gasteiger partial charge in [-0.2, -0.15) is 4.89 Å². The average Bonchev–Trinajstić information content (AvgIpc) is 2.78. The van der Waals surface area contributed by atoms with Gasteiger partial charge in [-0.25, -0.2) is 0 Å². The molecule has 0 spiro atoms. The minimum absolute atomic E-state index is 0.0224. The van der Waals surface area contributed by atoms with Crippen molar-refractivity contribution >= 4 is 11.0 Å². The Labute approximate surface area is 184 Å². The molecule has 1 aromatic heterocycles. The predicted octanol–water partition coefficient (Wildman–Crippen LogP) is -0.313. The van der Waals surface area contributed by atoms with Crippen molar-refractivity contribution in [2.75, 3.05) is 6.61 Å². The van der Waals surface area contributed by atoms with Crippen LogP contribution in [0.5, 0.6) is 23.0 Å². The first-order chi connectivity index (χ1) is 15.7. The summed E-state index contributed by atoms with van der Waals surface area (Å²) in [6, 6.07) is 7.13. The molecule has 12 heteroatoms. The molecule has 0 aliphatic carbocycles. The van der Waals surface area contributed by atoms with Gasteiger partial charge in [-0.3, -0.25) is 4.79 Å². The molecule has 0 unspecified atom stereocenters. The van der Waals surface area contributed by atoms with Crippen LogP contribution in [0.2, 0.25) is 0 Å². The monoisotopic (exact) mass is 464 g/mol. The molecule has 1 saturated heterocycles. The minimum atomic E-state index is -1.72. The van der Waals surface area contributed by atoms with Crippen LogP contribution < -0.4 is 10.3 Å². The average molecular weight is 464 g/mol. The van der Waals surface area contributed by atoms with Crippen LogP contribution in [0.4, 0.5) is 0 Å². The van der Waals surface area contributed by atoms with Gasteiger partial charge in [0.1, 0.15) is 46.9 Å². The molecule has 1 aliphatic heterocycles. The first-order valence-corrected chi connectivity index (χ1v) is 9.66. The van der Waals surface area contributed by atoms with Crippen LogP contribution in [0.15, 0.2) is 45.6 Å². The van der Waals surface area contributed by atoms with Gasteiger partial charge in [-0.15, -0.1) is 0 Å². The van der Waals surface area contributed by atoms with Crippen molar-refractivity contribution in [2.45, 2.75) is 30.7 Å². The molecule has 2 heterocycles. The summed E-state index contributed by atoms with van der Waals surface area (Å²) >= 11 is 0. The summed E-state index contributed by atoms with van der Waals surface area (Å²) < 4.78 is 10.8. The largest absolute Gasteiger partial charge is 0.507 e. The number of aromatic hydroxyl groups is 3. The van der Waals surface area contributed by atoms with E-state index in [1.807, 2.05) is 0 Å². The van der Waals surface area contributed by atoms with Gasteiger partial charge in [0.05, 0.1) is 6.61 Å². The third-order valence-electron chi connectivity index (χ3n) is 5.13. The van der Waals surface area contributed by atoms with Crippen LogP contribution in [0.1, 0.15) is 0 Å². The summed E-state index contributed by atoms with van der Waals surface area (Å²) in [5.41, 5.74) is -0.442. The van der Waals surface area contributed by atoms with Crippen LogP contribution in [0.3, 0.4) is 0 Å². The number of rotatable bonds is 5. The molecular formula is C21H20O12. The van der Waals surface area contributed by atoms with Crippen molar-refractivity contribution in [2.24, 2.45) is 0 Å². The Balaban J connectivity index is 1.62. The lowest BCUT2D eigenvalue weighted by atomic mass is 9.99. The zero-order valence-electron chi connectivity index (χ0n) is 16.7. The molecule has 12 nitrogen and oxygen atoms in total. The van der Waals surface area contributed by atoms with E-state index in [0.717, 1.165) is 12.1 Å². The third kappa shape index (κ3) is 4.30. The molecule has 1 fully saturated rings. The summed E-state index contributed by atoms with van der Waals surface area (Å²) in [5, 5.41) is 68.1. The van der Waals surface area contributed by atoms with Gasteiger partial charge in [0, 0.05) is 23.8 Å². The van der Waals surface area contributed by atoms with Crippen molar-refractivity contribution < 1.29 is 54.7 Å². The molecule has 5 atom stereocenters. The van der Waals surface area contributed by atoms with Gasteiger partial charge in [-0.05, 0) is 18.2 Å². The molecule has 33 heavy (non-hydrogen) atoms. The molecule has 0 amide bonds. The quantitative estimate of drug-likeness (QED) is 0.148. The molecule has 0 radical (unpaired) electrons. The van der Waals surface area contributed by atoms with Gasteiger partial charge < -0.3 is 49.8 Å². The Morgan fingerprint density at radius 3 is 2.33 bits per heavy atom. The summed E-state index contributed by atoms with van der Waals surface area (Å²) in [6.07, 6.45) is -7.80. The van der Waals surface area contributed by atoms with Crippen molar-refractivity contribution in [3.63, 3.8) is 0 Å². The number of fused-ring (bicyclic) bond motifs is 1. The Morgan fingerprint density at radius 2 is 1.64 bits per heavy atom. The minimum Gasteiger partial charge on any atom is -0.507 e. The molecule has 7 N–H and O–H groups in total. The van der Waals surface area contributed by atoms with E-state index in [0.29, 0.717) is 0 Å². The van der Waals surface area contributed by atoms with E-state index in [4.69, 9.17) is 18.9 Å². The summed E-state index contributed by atoms with van der Waals surface area (Å²) in [7, 11) is 0. The SMILES string of the molecule is O=c1cc(-c2ccc(O)c(O)c2)oc2cc(OO[C@@H]3O[C@H](CO)[C@@H](O)[C@H](O)[C@H]3O)cc(O)c12.